The number of rotatable bonds is 6. The summed E-state index contributed by atoms with van der Waals surface area (Å²) >= 11 is 0. The van der Waals surface area contributed by atoms with Gasteiger partial charge in [0, 0.05) is 17.8 Å². The third kappa shape index (κ3) is 5.24. The van der Waals surface area contributed by atoms with Crippen LogP contribution in [0.15, 0.2) is 29.4 Å². The Kier molecular flexibility index (Phi) is 5.51. The first kappa shape index (κ1) is 16.6. The molecule has 0 saturated carbocycles. The highest BCUT2D eigenvalue weighted by Gasteiger charge is 2.14. The smallest absolute Gasteiger partial charge is 0.352 e. The number of urea groups is 1. The topological polar surface area (TPSA) is 171 Å². The minimum atomic E-state index is -1.59. The summed E-state index contributed by atoms with van der Waals surface area (Å²) in [5.41, 5.74) is 1.09. The Bertz CT molecular complexity index is 638. The van der Waals surface area contributed by atoms with E-state index in [4.69, 9.17) is 10.2 Å². The molecule has 116 valence electrons. The molecule has 0 bridgehead atoms. The van der Waals surface area contributed by atoms with Gasteiger partial charge in [0.2, 0.25) is 0 Å². The standard InChI is InChI=1S/C11H10N4O7/c16-9(17)5-8(10(18)19)13-14-11(20)12-6-1-3-7(4-2-6)15(21)22/h1-4H,5H2,(H,16,17)(H,18,19)(H2,12,14,20)/b13-8-. The molecule has 1 aromatic rings. The zero-order valence-corrected chi connectivity index (χ0v) is 10.8. The van der Waals surface area contributed by atoms with Crippen LogP contribution in [0, 0.1) is 10.1 Å². The van der Waals surface area contributed by atoms with Gasteiger partial charge in [0.25, 0.3) is 5.69 Å². The van der Waals surface area contributed by atoms with Crippen molar-refractivity contribution in [1.82, 2.24) is 5.43 Å². The van der Waals surface area contributed by atoms with Gasteiger partial charge in [-0.3, -0.25) is 14.9 Å². The number of carboxylic acid groups (broad SMARTS) is 2. The molecule has 0 spiro atoms. The molecule has 4 N–H and O–H groups in total. The number of anilines is 1. The molecule has 11 heteroatoms. The lowest BCUT2D eigenvalue weighted by Crippen LogP contribution is -2.28. The van der Waals surface area contributed by atoms with Gasteiger partial charge in [0.05, 0.1) is 11.3 Å². The maximum absolute atomic E-state index is 11.4. The fraction of sp³-hybridized carbons (Fsp3) is 0.0909. The van der Waals surface area contributed by atoms with E-state index < -0.39 is 35.0 Å². The van der Waals surface area contributed by atoms with Crippen molar-refractivity contribution in [2.45, 2.75) is 6.42 Å². The second-order valence-electron chi connectivity index (χ2n) is 3.80. The summed E-state index contributed by atoms with van der Waals surface area (Å²) in [6, 6.07) is 3.91. The number of amides is 2. The first-order valence-electron chi connectivity index (χ1n) is 5.62. The van der Waals surface area contributed by atoms with E-state index in [1.54, 1.807) is 0 Å². The van der Waals surface area contributed by atoms with Crippen molar-refractivity contribution in [3.05, 3.63) is 34.4 Å². The summed E-state index contributed by atoms with van der Waals surface area (Å²) in [6.07, 6.45) is -0.868. The Morgan fingerprint density at radius 3 is 2.23 bits per heavy atom. The number of nitro groups is 1. The van der Waals surface area contributed by atoms with Gasteiger partial charge in [-0.2, -0.15) is 5.10 Å². The highest BCUT2D eigenvalue weighted by molar-refractivity contribution is 6.38. The van der Waals surface area contributed by atoms with E-state index in [0.29, 0.717) is 0 Å². The quantitative estimate of drug-likeness (QED) is 0.339. The average molecular weight is 310 g/mol. The molecule has 0 atom stereocenters. The van der Waals surface area contributed by atoms with E-state index in [0.717, 1.165) is 12.1 Å². The minimum absolute atomic E-state index is 0.168. The lowest BCUT2D eigenvalue weighted by atomic mass is 10.3. The van der Waals surface area contributed by atoms with Crippen LogP contribution >= 0.6 is 0 Å². The van der Waals surface area contributed by atoms with Crippen LogP contribution in [0.1, 0.15) is 6.42 Å². The van der Waals surface area contributed by atoms with E-state index in [9.17, 15) is 24.5 Å². The summed E-state index contributed by atoms with van der Waals surface area (Å²) in [6.45, 7) is 0. The van der Waals surface area contributed by atoms with E-state index in [1.165, 1.54) is 12.1 Å². The molecule has 0 aliphatic rings. The van der Waals surface area contributed by atoms with Crippen molar-refractivity contribution in [3.8, 4) is 0 Å². The van der Waals surface area contributed by atoms with Crippen molar-refractivity contribution in [3.63, 3.8) is 0 Å². The van der Waals surface area contributed by atoms with E-state index in [1.807, 2.05) is 5.43 Å². The number of non-ortho nitro benzene ring substituents is 1. The molecule has 0 aromatic heterocycles. The predicted molar refractivity (Wildman–Crippen MR) is 72.6 cm³/mol. The highest BCUT2D eigenvalue weighted by atomic mass is 16.6. The van der Waals surface area contributed by atoms with Crippen LogP contribution in [-0.2, 0) is 9.59 Å². The first-order chi connectivity index (χ1) is 10.3. The fourth-order valence-corrected chi connectivity index (χ4v) is 1.25. The van der Waals surface area contributed by atoms with Crippen molar-refractivity contribution in [1.29, 1.82) is 0 Å². The Hall–Kier alpha value is -3.50. The first-order valence-corrected chi connectivity index (χ1v) is 5.62. The normalized spacial score (nSPS) is 10.6. The number of nitrogens with zero attached hydrogens (tertiary/aromatic N) is 2. The second-order valence-corrected chi connectivity index (χ2v) is 3.80. The van der Waals surface area contributed by atoms with Gasteiger partial charge in [0.1, 0.15) is 0 Å². The van der Waals surface area contributed by atoms with Crippen LogP contribution in [0.25, 0.3) is 0 Å². The van der Waals surface area contributed by atoms with Crippen molar-refractivity contribution in [2.75, 3.05) is 5.32 Å². The van der Waals surface area contributed by atoms with Gasteiger partial charge < -0.3 is 15.5 Å². The molecule has 0 aliphatic heterocycles. The molecule has 0 unspecified atom stereocenters. The van der Waals surface area contributed by atoms with Crippen LogP contribution < -0.4 is 10.7 Å². The highest BCUT2D eigenvalue weighted by Crippen LogP contribution is 2.15. The summed E-state index contributed by atoms with van der Waals surface area (Å²) in [7, 11) is 0. The van der Waals surface area contributed by atoms with Crippen molar-refractivity contribution in [2.24, 2.45) is 5.10 Å². The lowest BCUT2D eigenvalue weighted by Gasteiger charge is -2.04. The maximum Gasteiger partial charge on any atom is 0.352 e. The Morgan fingerprint density at radius 1 is 1.18 bits per heavy atom. The number of hydrazone groups is 1. The molecule has 0 saturated heterocycles. The molecule has 0 fully saturated rings. The number of nitrogens with one attached hydrogen (secondary N) is 2. The fourth-order valence-electron chi connectivity index (χ4n) is 1.25. The van der Waals surface area contributed by atoms with E-state index in [2.05, 4.69) is 10.4 Å². The zero-order valence-electron chi connectivity index (χ0n) is 10.8. The number of hydrogen-bond acceptors (Lipinski definition) is 6. The molecular formula is C11H10N4O7. The number of carboxylic acids is 2. The number of hydrogen-bond donors (Lipinski definition) is 4. The predicted octanol–water partition coefficient (Wildman–Crippen LogP) is 0.632. The number of carbonyl (C=O) groups excluding carboxylic acids is 1. The molecule has 0 heterocycles. The van der Waals surface area contributed by atoms with Crippen LogP contribution in [0.2, 0.25) is 0 Å². The average Bonchev–Trinajstić information content (AvgIpc) is 2.43. The van der Waals surface area contributed by atoms with Gasteiger partial charge >= 0.3 is 18.0 Å². The molecular weight excluding hydrogens is 300 g/mol. The molecule has 1 aromatic carbocycles. The summed E-state index contributed by atoms with van der Waals surface area (Å²) < 4.78 is 0. The van der Waals surface area contributed by atoms with Gasteiger partial charge in [0.15, 0.2) is 5.71 Å². The molecule has 1 rings (SSSR count). The third-order valence-corrected chi connectivity index (χ3v) is 2.19. The largest absolute Gasteiger partial charge is 0.481 e. The Balaban J connectivity index is 2.67. The van der Waals surface area contributed by atoms with E-state index >= 15 is 0 Å². The Labute approximate surface area is 122 Å². The Morgan fingerprint density at radius 2 is 1.77 bits per heavy atom. The zero-order chi connectivity index (χ0) is 16.7. The summed E-state index contributed by atoms with van der Waals surface area (Å²) in [5, 5.41) is 33.0. The molecule has 0 aliphatic carbocycles. The van der Waals surface area contributed by atoms with Crippen LogP contribution in [0.5, 0.6) is 0 Å². The minimum Gasteiger partial charge on any atom is -0.481 e. The number of benzene rings is 1. The number of carbonyl (C=O) groups is 3. The molecule has 22 heavy (non-hydrogen) atoms. The molecule has 2 amide bonds. The monoisotopic (exact) mass is 310 g/mol. The van der Waals surface area contributed by atoms with E-state index in [-0.39, 0.29) is 11.4 Å². The van der Waals surface area contributed by atoms with Gasteiger partial charge in [-0.25, -0.2) is 15.0 Å². The number of aliphatic carboxylic acids is 2. The third-order valence-electron chi connectivity index (χ3n) is 2.19. The number of nitro benzene ring substituents is 1. The van der Waals surface area contributed by atoms with Gasteiger partial charge in [-0.05, 0) is 12.1 Å². The lowest BCUT2D eigenvalue weighted by molar-refractivity contribution is -0.384. The van der Waals surface area contributed by atoms with Gasteiger partial charge in [-0.1, -0.05) is 0 Å². The second kappa shape index (κ2) is 7.33. The maximum atomic E-state index is 11.4. The molecule has 0 radical (unpaired) electrons. The van der Waals surface area contributed by atoms with Crippen LogP contribution in [-0.4, -0.2) is 38.8 Å². The molecule has 11 nitrogen and oxygen atoms in total. The van der Waals surface area contributed by atoms with Gasteiger partial charge in [-0.15, -0.1) is 0 Å². The van der Waals surface area contributed by atoms with Crippen LogP contribution in [0.3, 0.4) is 0 Å². The van der Waals surface area contributed by atoms with Crippen LogP contribution in [0.4, 0.5) is 16.2 Å². The summed E-state index contributed by atoms with van der Waals surface area (Å²) in [4.78, 5) is 42.4. The SMILES string of the molecule is O=C(O)C/C(=N/NC(=O)Nc1ccc([N+](=O)[O-])cc1)C(=O)O. The van der Waals surface area contributed by atoms with Crippen molar-refractivity contribution < 1.29 is 29.5 Å². The van der Waals surface area contributed by atoms with Crippen molar-refractivity contribution >= 4 is 35.1 Å². The summed E-state index contributed by atoms with van der Waals surface area (Å²) in [5.74, 6) is -3.00.